The van der Waals surface area contributed by atoms with Crippen molar-refractivity contribution in [2.75, 3.05) is 0 Å². The molecular formula is C25H21NO3. The van der Waals surface area contributed by atoms with E-state index in [-0.39, 0.29) is 29.7 Å². The number of ketones is 1. The van der Waals surface area contributed by atoms with Crippen molar-refractivity contribution in [1.29, 1.82) is 0 Å². The number of hydrogen-bond acceptors (Lipinski definition) is 4. The van der Waals surface area contributed by atoms with E-state index in [0.29, 0.717) is 0 Å². The second kappa shape index (κ2) is 7.57. The van der Waals surface area contributed by atoms with E-state index in [0.717, 1.165) is 22.6 Å². The van der Waals surface area contributed by atoms with Crippen molar-refractivity contribution in [3.8, 4) is 0 Å². The van der Waals surface area contributed by atoms with Crippen molar-refractivity contribution in [3.63, 3.8) is 0 Å². The second-order valence-electron chi connectivity index (χ2n) is 7.33. The molecule has 0 unspecified atom stereocenters. The van der Waals surface area contributed by atoms with E-state index in [9.17, 15) is 4.79 Å². The summed E-state index contributed by atoms with van der Waals surface area (Å²) in [5, 5.41) is 3.68. The highest BCUT2D eigenvalue weighted by atomic mass is 16.3. The maximum absolute atomic E-state index is 14.0. The molecular weight excluding hydrogens is 362 g/mol. The average molecular weight is 383 g/mol. The van der Waals surface area contributed by atoms with Crippen LogP contribution in [0.5, 0.6) is 0 Å². The standard InChI is InChI=1S/C25H21NO3/c27-25-21(17-9-3-1-4-10-17)23(19-13-7-15-28-19)26-24(20-14-8-16-29-20)22(25)18-11-5-2-6-12-18/h1-16,21-24,26H/t21-,22-,23-,24+/m1/s1. The summed E-state index contributed by atoms with van der Waals surface area (Å²) in [7, 11) is 0. The van der Waals surface area contributed by atoms with Gasteiger partial charge in [-0.25, -0.2) is 0 Å². The first-order chi connectivity index (χ1) is 14.3. The molecule has 4 atom stereocenters. The largest absolute Gasteiger partial charge is 0.468 e. The van der Waals surface area contributed by atoms with E-state index in [1.165, 1.54) is 0 Å². The van der Waals surface area contributed by atoms with Gasteiger partial charge >= 0.3 is 0 Å². The van der Waals surface area contributed by atoms with Gasteiger partial charge in [-0.15, -0.1) is 0 Å². The van der Waals surface area contributed by atoms with Crippen LogP contribution in [0.1, 0.15) is 46.6 Å². The minimum Gasteiger partial charge on any atom is -0.468 e. The van der Waals surface area contributed by atoms with Crippen LogP contribution in [-0.4, -0.2) is 5.78 Å². The van der Waals surface area contributed by atoms with Crippen LogP contribution in [-0.2, 0) is 4.79 Å². The molecule has 29 heavy (non-hydrogen) atoms. The zero-order valence-electron chi connectivity index (χ0n) is 15.8. The Hall–Kier alpha value is -3.37. The topological polar surface area (TPSA) is 55.4 Å². The highest BCUT2D eigenvalue weighted by molar-refractivity contribution is 5.94. The van der Waals surface area contributed by atoms with Gasteiger partial charge in [0.1, 0.15) is 11.5 Å². The molecule has 1 aliphatic heterocycles. The molecule has 2 aromatic heterocycles. The maximum atomic E-state index is 14.0. The van der Waals surface area contributed by atoms with Gasteiger partial charge in [0.2, 0.25) is 0 Å². The Bertz CT molecular complexity index is 970. The zero-order chi connectivity index (χ0) is 19.6. The third-order valence-corrected chi connectivity index (χ3v) is 5.66. The van der Waals surface area contributed by atoms with E-state index in [4.69, 9.17) is 8.83 Å². The number of rotatable bonds is 4. The predicted octanol–water partition coefficient (Wildman–Crippen LogP) is 5.39. The van der Waals surface area contributed by atoms with Crippen molar-refractivity contribution < 1.29 is 13.6 Å². The minimum atomic E-state index is -0.362. The van der Waals surface area contributed by atoms with Gasteiger partial charge in [0, 0.05) is 0 Å². The zero-order valence-corrected chi connectivity index (χ0v) is 15.8. The molecule has 0 spiro atoms. The molecule has 4 nitrogen and oxygen atoms in total. The molecule has 0 radical (unpaired) electrons. The summed E-state index contributed by atoms with van der Waals surface area (Å²) < 4.78 is 11.5. The van der Waals surface area contributed by atoms with Gasteiger partial charge in [-0.05, 0) is 35.4 Å². The van der Waals surface area contributed by atoms with Gasteiger partial charge < -0.3 is 8.83 Å². The lowest BCUT2D eigenvalue weighted by atomic mass is 9.71. The van der Waals surface area contributed by atoms with Gasteiger partial charge in [-0.3, -0.25) is 10.1 Å². The fourth-order valence-corrected chi connectivity index (χ4v) is 4.37. The van der Waals surface area contributed by atoms with E-state index >= 15 is 0 Å². The Kier molecular flexibility index (Phi) is 4.62. The Balaban J connectivity index is 1.66. The molecule has 0 bridgehead atoms. The normalized spacial score (nSPS) is 24.5. The third-order valence-electron chi connectivity index (χ3n) is 5.66. The summed E-state index contributed by atoms with van der Waals surface area (Å²) in [6.45, 7) is 0. The number of nitrogens with one attached hydrogen (secondary N) is 1. The number of hydrogen-bond donors (Lipinski definition) is 1. The number of benzene rings is 2. The summed E-state index contributed by atoms with van der Waals surface area (Å²) in [4.78, 5) is 14.0. The van der Waals surface area contributed by atoms with Crippen LogP contribution in [0.15, 0.2) is 106 Å². The second-order valence-corrected chi connectivity index (χ2v) is 7.33. The Morgan fingerprint density at radius 1 is 0.586 bits per heavy atom. The first-order valence-electron chi connectivity index (χ1n) is 9.79. The molecule has 0 saturated carbocycles. The van der Waals surface area contributed by atoms with Crippen molar-refractivity contribution in [2.45, 2.75) is 23.9 Å². The van der Waals surface area contributed by atoms with Crippen molar-refractivity contribution in [1.82, 2.24) is 5.32 Å². The number of Topliss-reactive ketones (excluding diaryl/α,β-unsaturated/α-hetero) is 1. The summed E-state index contributed by atoms with van der Waals surface area (Å²) in [5.41, 5.74) is 1.95. The van der Waals surface area contributed by atoms with E-state index in [1.807, 2.05) is 84.9 Å². The first kappa shape index (κ1) is 17.7. The lowest BCUT2D eigenvalue weighted by Crippen LogP contribution is -2.46. The molecule has 0 amide bonds. The number of carbonyl (C=O) groups is 1. The summed E-state index contributed by atoms with van der Waals surface area (Å²) in [6.07, 6.45) is 3.30. The monoisotopic (exact) mass is 383 g/mol. The van der Waals surface area contributed by atoms with Gasteiger partial charge in [-0.2, -0.15) is 0 Å². The average Bonchev–Trinajstić information content (AvgIpc) is 3.49. The Morgan fingerprint density at radius 3 is 1.41 bits per heavy atom. The van der Waals surface area contributed by atoms with E-state index in [2.05, 4.69) is 5.32 Å². The number of furan rings is 2. The van der Waals surface area contributed by atoms with Gasteiger partial charge in [0.25, 0.3) is 0 Å². The Morgan fingerprint density at radius 2 is 1.03 bits per heavy atom. The van der Waals surface area contributed by atoms with E-state index in [1.54, 1.807) is 12.5 Å². The van der Waals surface area contributed by atoms with Crippen LogP contribution in [0.3, 0.4) is 0 Å². The lowest BCUT2D eigenvalue weighted by molar-refractivity contribution is -0.126. The molecule has 4 heteroatoms. The van der Waals surface area contributed by atoms with E-state index < -0.39 is 0 Å². The maximum Gasteiger partial charge on any atom is 0.151 e. The van der Waals surface area contributed by atoms with Gasteiger partial charge in [0.05, 0.1) is 36.4 Å². The van der Waals surface area contributed by atoms with Crippen LogP contribution in [0.25, 0.3) is 0 Å². The van der Waals surface area contributed by atoms with Gasteiger partial charge in [-0.1, -0.05) is 60.7 Å². The van der Waals surface area contributed by atoms with Crippen LogP contribution in [0.2, 0.25) is 0 Å². The third kappa shape index (κ3) is 3.22. The summed E-state index contributed by atoms with van der Waals surface area (Å²) in [5.74, 6) is 0.923. The molecule has 1 aliphatic rings. The molecule has 4 aromatic rings. The van der Waals surface area contributed by atoms with Gasteiger partial charge in [0.15, 0.2) is 5.78 Å². The lowest BCUT2D eigenvalue weighted by Gasteiger charge is -2.40. The highest BCUT2D eigenvalue weighted by Gasteiger charge is 2.47. The fraction of sp³-hybridized carbons (Fsp3) is 0.160. The van der Waals surface area contributed by atoms with Crippen LogP contribution in [0, 0.1) is 0 Å². The quantitative estimate of drug-likeness (QED) is 0.513. The predicted molar refractivity (Wildman–Crippen MR) is 109 cm³/mol. The number of carbonyl (C=O) groups excluding carboxylic acids is 1. The molecule has 5 rings (SSSR count). The minimum absolute atomic E-state index is 0.156. The Labute approximate surface area is 169 Å². The summed E-state index contributed by atoms with van der Waals surface area (Å²) >= 11 is 0. The van der Waals surface area contributed by atoms with Crippen LogP contribution >= 0.6 is 0 Å². The van der Waals surface area contributed by atoms with Crippen molar-refractivity contribution in [3.05, 3.63) is 120 Å². The molecule has 0 aliphatic carbocycles. The van der Waals surface area contributed by atoms with Crippen molar-refractivity contribution in [2.24, 2.45) is 0 Å². The fourth-order valence-electron chi connectivity index (χ4n) is 4.37. The molecule has 1 N–H and O–H groups in total. The van der Waals surface area contributed by atoms with Crippen LogP contribution < -0.4 is 5.32 Å². The smallest absolute Gasteiger partial charge is 0.151 e. The molecule has 3 heterocycles. The first-order valence-corrected chi connectivity index (χ1v) is 9.79. The highest BCUT2D eigenvalue weighted by Crippen LogP contribution is 2.47. The molecule has 2 aromatic carbocycles. The molecule has 1 fully saturated rings. The molecule has 144 valence electrons. The van der Waals surface area contributed by atoms with Crippen molar-refractivity contribution >= 4 is 5.78 Å². The molecule has 1 saturated heterocycles. The SMILES string of the molecule is O=C1[C@H](c2ccccc2)[C@@H](c2ccco2)N[C@@H](c2ccco2)[C@H]1c1ccccc1. The van der Waals surface area contributed by atoms with Crippen LogP contribution in [0.4, 0.5) is 0 Å². The number of piperidine rings is 1. The summed E-state index contributed by atoms with van der Waals surface area (Å²) in [6, 6.07) is 26.8.